The molecule has 0 saturated carbocycles. The molecule has 3 rings (SSSR count). The Morgan fingerprint density at radius 3 is 2.88 bits per heavy atom. The van der Waals surface area contributed by atoms with Gasteiger partial charge in [0.1, 0.15) is 6.79 Å². The Bertz CT molecular complexity index is 557. The normalized spacial score (nSPS) is 26.7. The van der Waals surface area contributed by atoms with Crippen LogP contribution in [0.4, 0.5) is 0 Å². The molecule has 1 aliphatic carbocycles. The molecule has 0 unspecified atom stereocenters. The van der Waals surface area contributed by atoms with E-state index in [1.807, 2.05) is 11.0 Å². The molecule has 130 valence electrons. The summed E-state index contributed by atoms with van der Waals surface area (Å²) in [4.78, 5) is 15.2. The first kappa shape index (κ1) is 17.2. The second-order valence-corrected chi connectivity index (χ2v) is 6.65. The lowest BCUT2D eigenvalue weighted by Gasteiger charge is -2.33. The van der Waals surface area contributed by atoms with Crippen LogP contribution < -0.4 is 0 Å². The Labute approximate surface area is 144 Å². The van der Waals surface area contributed by atoms with E-state index >= 15 is 0 Å². The van der Waals surface area contributed by atoms with Crippen LogP contribution >= 0.6 is 0 Å². The Hall–Kier alpha value is -1.65. The molecule has 1 aliphatic heterocycles. The molecule has 4 heteroatoms. The molecule has 0 spiro atoms. The van der Waals surface area contributed by atoms with Gasteiger partial charge in [0.25, 0.3) is 0 Å². The molecule has 1 saturated heterocycles. The SMILES string of the molecule is COCOC[C@@H]1CCCN1C(=O)[C@H]1C=CCC[C@H]1c1ccccc1. The quantitative estimate of drug-likeness (QED) is 0.456. The number of methoxy groups -OCH3 is 1. The molecule has 4 nitrogen and oxygen atoms in total. The van der Waals surface area contributed by atoms with E-state index in [1.54, 1.807) is 7.11 Å². The zero-order valence-electron chi connectivity index (χ0n) is 14.4. The number of nitrogens with zero attached hydrogens (tertiary/aromatic N) is 1. The first-order chi connectivity index (χ1) is 11.8. The van der Waals surface area contributed by atoms with Crippen molar-refractivity contribution < 1.29 is 14.3 Å². The van der Waals surface area contributed by atoms with Crippen LogP contribution in [-0.2, 0) is 14.3 Å². The molecular formula is C20H27NO3. The molecule has 1 fully saturated rings. The van der Waals surface area contributed by atoms with Crippen LogP contribution in [0.5, 0.6) is 0 Å². The fourth-order valence-corrected chi connectivity index (χ4v) is 3.92. The predicted molar refractivity (Wildman–Crippen MR) is 93.6 cm³/mol. The third-order valence-corrected chi connectivity index (χ3v) is 5.11. The van der Waals surface area contributed by atoms with E-state index in [1.165, 1.54) is 5.56 Å². The van der Waals surface area contributed by atoms with E-state index in [2.05, 4.69) is 36.4 Å². The first-order valence-corrected chi connectivity index (χ1v) is 8.90. The molecule has 0 radical (unpaired) electrons. The van der Waals surface area contributed by atoms with Crippen LogP contribution in [0.25, 0.3) is 0 Å². The number of likely N-dealkylation sites (tertiary alicyclic amines) is 1. The van der Waals surface area contributed by atoms with Crippen LogP contribution in [-0.4, -0.2) is 43.9 Å². The summed E-state index contributed by atoms with van der Waals surface area (Å²) in [5, 5.41) is 0. The van der Waals surface area contributed by atoms with E-state index in [-0.39, 0.29) is 30.6 Å². The van der Waals surface area contributed by atoms with Gasteiger partial charge in [-0.25, -0.2) is 0 Å². The van der Waals surface area contributed by atoms with Crippen LogP contribution in [0, 0.1) is 5.92 Å². The number of hydrogen-bond donors (Lipinski definition) is 0. The zero-order valence-corrected chi connectivity index (χ0v) is 14.4. The lowest BCUT2D eigenvalue weighted by Crippen LogP contribution is -2.43. The monoisotopic (exact) mass is 329 g/mol. The predicted octanol–water partition coefficient (Wildman–Crippen LogP) is 3.35. The number of ether oxygens (including phenoxy) is 2. The van der Waals surface area contributed by atoms with Gasteiger partial charge in [-0.3, -0.25) is 4.79 Å². The largest absolute Gasteiger partial charge is 0.359 e. The molecule has 1 heterocycles. The highest BCUT2D eigenvalue weighted by atomic mass is 16.7. The molecule has 0 aromatic heterocycles. The average molecular weight is 329 g/mol. The first-order valence-electron chi connectivity index (χ1n) is 8.90. The number of rotatable bonds is 6. The van der Waals surface area contributed by atoms with Crippen molar-refractivity contribution in [2.24, 2.45) is 5.92 Å². The van der Waals surface area contributed by atoms with Gasteiger partial charge in [-0.1, -0.05) is 42.5 Å². The van der Waals surface area contributed by atoms with Crippen molar-refractivity contribution in [1.29, 1.82) is 0 Å². The smallest absolute Gasteiger partial charge is 0.230 e. The van der Waals surface area contributed by atoms with Gasteiger partial charge >= 0.3 is 0 Å². The number of carbonyl (C=O) groups excluding carboxylic acids is 1. The van der Waals surface area contributed by atoms with Crippen molar-refractivity contribution in [2.45, 2.75) is 37.6 Å². The highest BCUT2D eigenvalue weighted by Crippen LogP contribution is 2.36. The summed E-state index contributed by atoms with van der Waals surface area (Å²) >= 11 is 0. The van der Waals surface area contributed by atoms with E-state index in [4.69, 9.17) is 9.47 Å². The number of carbonyl (C=O) groups is 1. The van der Waals surface area contributed by atoms with Crippen molar-refractivity contribution in [2.75, 3.05) is 27.1 Å². The summed E-state index contributed by atoms with van der Waals surface area (Å²) in [5.74, 6) is 0.484. The molecule has 3 atom stereocenters. The van der Waals surface area contributed by atoms with Crippen LogP contribution in [0.2, 0.25) is 0 Å². The maximum Gasteiger partial charge on any atom is 0.230 e. The molecule has 0 N–H and O–H groups in total. The third-order valence-electron chi connectivity index (χ3n) is 5.11. The fraction of sp³-hybridized carbons (Fsp3) is 0.550. The van der Waals surface area contributed by atoms with Crippen LogP contribution in [0.3, 0.4) is 0 Å². The summed E-state index contributed by atoms with van der Waals surface area (Å²) < 4.78 is 10.5. The van der Waals surface area contributed by atoms with Crippen molar-refractivity contribution in [3.8, 4) is 0 Å². The molecule has 1 amide bonds. The molecule has 1 aromatic rings. The van der Waals surface area contributed by atoms with Crippen LogP contribution in [0.15, 0.2) is 42.5 Å². The van der Waals surface area contributed by atoms with Gasteiger partial charge in [-0.2, -0.15) is 0 Å². The van der Waals surface area contributed by atoms with E-state index in [0.29, 0.717) is 6.61 Å². The van der Waals surface area contributed by atoms with E-state index in [9.17, 15) is 4.79 Å². The van der Waals surface area contributed by atoms with Crippen molar-refractivity contribution >= 4 is 5.91 Å². The van der Waals surface area contributed by atoms with Gasteiger partial charge < -0.3 is 14.4 Å². The minimum atomic E-state index is -0.0517. The Balaban J connectivity index is 1.72. The fourth-order valence-electron chi connectivity index (χ4n) is 3.92. The third kappa shape index (κ3) is 3.87. The van der Waals surface area contributed by atoms with Gasteiger partial charge in [0.15, 0.2) is 0 Å². The summed E-state index contributed by atoms with van der Waals surface area (Å²) in [5.41, 5.74) is 1.27. The molecule has 0 bridgehead atoms. The number of hydrogen-bond acceptors (Lipinski definition) is 3. The second kappa shape index (κ2) is 8.45. The second-order valence-electron chi connectivity index (χ2n) is 6.65. The number of benzene rings is 1. The summed E-state index contributed by atoms with van der Waals surface area (Å²) in [6.45, 7) is 1.69. The van der Waals surface area contributed by atoms with E-state index < -0.39 is 0 Å². The summed E-state index contributed by atoms with van der Waals surface area (Å²) in [6.07, 6.45) is 8.43. The van der Waals surface area contributed by atoms with Gasteiger partial charge in [-0.05, 0) is 37.2 Å². The summed E-state index contributed by atoms with van der Waals surface area (Å²) in [7, 11) is 1.62. The van der Waals surface area contributed by atoms with Gasteiger partial charge in [-0.15, -0.1) is 0 Å². The Morgan fingerprint density at radius 2 is 2.08 bits per heavy atom. The maximum absolute atomic E-state index is 13.2. The average Bonchev–Trinajstić information content (AvgIpc) is 3.10. The van der Waals surface area contributed by atoms with Crippen LogP contribution in [0.1, 0.15) is 37.2 Å². The van der Waals surface area contributed by atoms with Gasteiger partial charge in [0, 0.05) is 13.7 Å². The van der Waals surface area contributed by atoms with Gasteiger partial charge in [0.05, 0.1) is 18.6 Å². The number of amides is 1. The zero-order chi connectivity index (χ0) is 16.8. The lowest BCUT2D eigenvalue weighted by atomic mass is 9.78. The van der Waals surface area contributed by atoms with Crippen molar-refractivity contribution in [3.05, 3.63) is 48.0 Å². The minimum absolute atomic E-state index is 0.0517. The summed E-state index contributed by atoms with van der Waals surface area (Å²) in [6, 6.07) is 10.6. The Morgan fingerprint density at radius 1 is 1.25 bits per heavy atom. The lowest BCUT2D eigenvalue weighted by molar-refractivity contribution is -0.138. The van der Waals surface area contributed by atoms with Gasteiger partial charge in [0.2, 0.25) is 5.91 Å². The Kier molecular flexibility index (Phi) is 6.05. The maximum atomic E-state index is 13.2. The van der Waals surface area contributed by atoms with E-state index in [0.717, 1.165) is 32.2 Å². The molecular weight excluding hydrogens is 302 g/mol. The highest BCUT2D eigenvalue weighted by molar-refractivity contribution is 5.82. The molecule has 24 heavy (non-hydrogen) atoms. The topological polar surface area (TPSA) is 38.8 Å². The van der Waals surface area contributed by atoms with Crippen molar-refractivity contribution in [3.63, 3.8) is 0 Å². The van der Waals surface area contributed by atoms with Crippen molar-refractivity contribution in [1.82, 2.24) is 4.90 Å². The number of allylic oxidation sites excluding steroid dienone is 1. The standard InChI is InChI=1S/C20H27NO3/c1-23-15-24-14-17-10-7-13-21(17)20(22)19-12-6-5-11-18(19)16-8-3-2-4-9-16/h2-4,6,8-9,12,17-19H,5,7,10-11,13-15H2,1H3/t17-,18-,19-/m0/s1. The highest BCUT2D eigenvalue weighted by Gasteiger charge is 2.36. The molecule has 1 aromatic carbocycles. The minimum Gasteiger partial charge on any atom is -0.359 e. The molecule has 2 aliphatic rings.